The molecule has 5 heteroatoms. The van der Waals surface area contributed by atoms with E-state index in [1.807, 2.05) is 0 Å². The fourth-order valence-electron chi connectivity index (χ4n) is 1.55. The van der Waals surface area contributed by atoms with Gasteiger partial charge in [-0.1, -0.05) is 11.6 Å². The Hall–Kier alpha value is -1.96. The molecule has 0 aliphatic heterocycles. The van der Waals surface area contributed by atoms with Crippen LogP contribution >= 0.6 is 11.6 Å². The highest BCUT2D eigenvalue weighted by Crippen LogP contribution is 2.21. The Morgan fingerprint density at radius 2 is 2.28 bits per heavy atom. The summed E-state index contributed by atoms with van der Waals surface area (Å²) in [7, 11) is 0. The number of hydrogen-bond acceptors (Lipinski definition) is 4. The smallest absolute Gasteiger partial charge is 0.134 e. The van der Waals surface area contributed by atoms with Gasteiger partial charge < -0.3 is 14.8 Å². The zero-order valence-corrected chi connectivity index (χ0v) is 10.2. The predicted molar refractivity (Wildman–Crippen MR) is 68.3 cm³/mol. The predicted octanol–water partition coefficient (Wildman–Crippen LogP) is 2.95. The maximum Gasteiger partial charge on any atom is 0.134 e. The van der Waals surface area contributed by atoms with E-state index in [4.69, 9.17) is 21.3 Å². The first-order chi connectivity index (χ1) is 8.70. The highest BCUT2D eigenvalue weighted by atomic mass is 35.5. The third kappa shape index (κ3) is 2.83. The number of nitriles is 1. The van der Waals surface area contributed by atoms with Crippen LogP contribution in [0.25, 0.3) is 0 Å². The van der Waals surface area contributed by atoms with Gasteiger partial charge in [-0.2, -0.15) is 5.26 Å². The number of anilines is 1. The molecule has 1 aromatic carbocycles. The van der Waals surface area contributed by atoms with Gasteiger partial charge in [-0.15, -0.1) is 0 Å². The number of rotatable bonds is 4. The third-order valence-electron chi connectivity index (χ3n) is 2.46. The Morgan fingerprint density at radius 1 is 1.44 bits per heavy atom. The lowest BCUT2D eigenvalue weighted by atomic mass is 10.2. The van der Waals surface area contributed by atoms with Gasteiger partial charge in [-0.25, -0.2) is 0 Å². The van der Waals surface area contributed by atoms with Gasteiger partial charge in [0.1, 0.15) is 17.9 Å². The fraction of sp³-hybridized carbons (Fsp3) is 0.154. The second-order valence-corrected chi connectivity index (χ2v) is 4.15. The Labute approximate surface area is 109 Å². The van der Waals surface area contributed by atoms with Crippen molar-refractivity contribution in [3.63, 3.8) is 0 Å². The maximum absolute atomic E-state index is 9.83. The molecule has 4 nitrogen and oxygen atoms in total. The zero-order chi connectivity index (χ0) is 13.0. The first kappa shape index (κ1) is 12.5. The van der Waals surface area contributed by atoms with Crippen LogP contribution in [0.1, 0.15) is 17.4 Å². The van der Waals surface area contributed by atoms with Gasteiger partial charge in [0.25, 0.3) is 0 Å². The van der Waals surface area contributed by atoms with Crippen LogP contribution in [0.3, 0.4) is 0 Å². The molecule has 0 aliphatic carbocycles. The lowest BCUT2D eigenvalue weighted by Gasteiger charge is -2.12. The molecule has 0 saturated carbocycles. The van der Waals surface area contributed by atoms with Gasteiger partial charge in [-0.3, -0.25) is 0 Å². The van der Waals surface area contributed by atoms with Crippen molar-refractivity contribution in [1.29, 1.82) is 5.26 Å². The molecule has 2 aromatic rings. The largest absolute Gasteiger partial charge is 0.467 e. The lowest BCUT2D eigenvalue weighted by Crippen LogP contribution is -2.12. The van der Waals surface area contributed by atoms with Crippen molar-refractivity contribution in [2.24, 2.45) is 0 Å². The average molecular weight is 263 g/mol. The number of nitrogens with one attached hydrogen (secondary N) is 1. The van der Waals surface area contributed by atoms with Crippen molar-refractivity contribution >= 4 is 17.3 Å². The summed E-state index contributed by atoms with van der Waals surface area (Å²) in [5.41, 5.74) is 1.07. The summed E-state index contributed by atoms with van der Waals surface area (Å²) in [6.45, 7) is 0.239. The number of benzene rings is 1. The molecule has 0 amide bonds. The quantitative estimate of drug-likeness (QED) is 0.889. The molecule has 0 bridgehead atoms. The zero-order valence-electron chi connectivity index (χ0n) is 9.43. The van der Waals surface area contributed by atoms with Crippen LogP contribution in [0.4, 0.5) is 5.69 Å². The molecule has 1 unspecified atom stereocenters. The molecule has 0 radical (unpaired) electrons. The maximum atomic E-state index is 9.83. The molecule has 0 aliphatic rings. The summed E-state index contributed by atoms with van der Waals surface area (Å²) in [4.78, 5) is 0. The molecule has 18 heavy (non-hydrogen) atoms. The van der Waals surface area contributed by atoms with Crippen molar-refractivity contribution in [2.75, 3.05) is 11.9 Å². The van der Waals surface area contributed by atoms with Gasteiger partial charge in [0.05, 0.1) is 17.5 Å². The lowest BCUT2D eigenvalue weighted by molar-refractivity contribution is 0.162. The summed E-state index contributed by atoms with van der Waals surface area (Å²) in [5, 5.41) is 22.3. The van der Waals surface area contributed by atoms with E-state index in [-0.39, 0.29) is 6.54 Å². The molecular formula is C13H11ClN2O2. The minimum atomic E-state index is -0.773. The SMILES string of the molecule is N#Cc1ccc(Cl)cc1NCC(O)c1ccco1. The van der Waals surface area contributed by atoms with E-state index in [0.717, 1.165) is 0 Å². The molecule has 0 fully saturated rings. The highest BCUT2D eigenvalue weighted by Gasteiger charge is 2.11. The fourth-order valence-corrected chi connectivity index (χ4v) is 1.72. The van der Waals surface area contributed by atoms with Gasteiger partial charge in [0.15, 0.2) is 0 Å². The van der Waals surface area contributed by atoms with Crippen LogP contribution in [0.5, 0.6) is 0 Å². The van der Waals surface area contributed by atoms with Crippen LogP contribution in [0.2, 0.25) is 5.02 Å². The first-order valence-corrected chi connectivity index (χ1v) is 5.73. The molecule has 2 N–H and O–H groups in total. The molecule has 1 heterocycles. The van der Waals surface area contributed by atoms with Gasteiger partial charge in [0.2, 0.25) is 0 Å². The van der Waals surface area contributed by atoms with E-state index in [0.29, 0.717) is 22.0 Å². The van der Waals surface area contributed by atoms with E-state index in [2.05, 4.69) is 11.4 Å². The average Bonchev–Trinajstić information content (AvgIpc) is 2.90. The summed E-state index contributed by atoms with van der Waals surface area (Å²) < 4.78 is 5.08. The molecule has 0 spiro atoms. The van der Waals surface area contributed by atoms with E-state index >= 15 is 0 Å². The standard InChI is InChI=1S/C13H11ClN2O2/c14-10-4-3-9(7-15)11(6-10)16-8-12(17)13-2-1-5-18-13/h1-6,12,16-17H,8H2. The van der Waals surface area contributed by atoms with Crippen molar-refractivity contribution in [3.8, 4) is 6.07 Å². The molecule has 1 atom stereocenters. The molecule has 1 aromatic heterocycles. The van der Waals surface area contributed by atoms with Crippen LogP contribution in [-0.2, 0) is 0 Å². The molecule has 92 valence electrons. The van der Waals surface area contributed by atoms with E-state index in [1.54, 1.807) is 30.3 Å². The van der Waals surface area contributed by atoms with Crippen LogP contribution in [0.15, 0.2) is 41.0 Å². The third-order valence-corrected chi connectivity index (χ3v) is 2.69. The van der Waals surface area contributed by atoms with E-state index in [1.165, 1.54) is 6.26 Å². The van der Waals surface area contributed by atoms with Crippen molar-refractivity contribution < 1.29 is 9.52 Å². The Bertz CT molecular complexity index is 561. The topological polar surface area (TPSA) is 69.2 Å². The Kier molecular flexibility index (Phi) is 3.88. The summed E-state index contributed by atoms with van der Waals surface area (Å²) in [5.74, 6) is 0.475. The second-order valence-electron chi connectivity index (χ2n) is 3.71. The minimum Gasteiger partial charge on any atom is -0.467 e. The van der Waals surface area contributed by atoms with Crippen LogP contribution in [0, 0.1) is 11.3 Å². The number of hydrogen-bond donors (Lipinski definition) is 2. The van der Waals surface area contributed by atoms with E-state index < -0.39 is 6.10 Å². The molecule has 2 rings (SSSR count). The molecular weight excluding hydrogens is 252 g/mol. The molecule has 0 saturated heterocycles. The van der Waals surface area contributed by atoms with Crippen molar-refractivity contribution in [2.45, 2.75) is 6.10 Å². The number of halogens is 1. The summed E-state index contributed by atoms with van der Waals surface area (Å²) in [6, 6.07) is 10.4. The highest BCUT2D eigenvalue weighted by molar-refractivity contribution is 6.30. The van der Waals surface area contributed by atoms with Gasteiger partial charge >= 0.3 is 0 Å². The number of aliphatic hydroxyl groups is 1. The Balaban J connectivity index is 2.06. The normalized spacial score (nSPS) is 11.8. The van der Waals surface area contributed by atoms with E-state index in [9.17, 15) is 5.11 Å². The number of furan rings is 1. The van der Waals surface area contributed by atoms with Gasteiger partial charge in [-0.05, 0) is 30.3 Å². The Morgan fingerprint density at radius 3 is 2.94 bits per heavy atom. The van der Waals surface area contributed by atoms with Crippen molar-refractivity contribution in [1.82, 2.24) is 0 Å². The minimum absolute atomic E-state index is 0.239. The number of aliphatic hydroxyl groups excluding tert-OH is 1. The number of nitrogens with zero attached hydrogens (tertiary/aromatic N) is 1. The van der Waals surface area contributed by atoms with Gasteiger partial charge in [0, 0.05) is 11.6 Å². The summed E-state index contributed by atoms with van der Waals surface area (Å²) >= 11 is 5.86. The second kappa shape index (κ2) is 5.58. The summed E-state index contributed by atoms with van der Waals surface area (Å²) in [6.07, 6.45) is 0.726. The van der Waals surface area contributed by atoms with Crippen molar-refractivity contribution in [3.05, 3.63) is 52.9 Å². The van der Waals surface area contributed by atoms with Crippen LogP contribution in [-0.4, -0.2) is 11.7 Å². The van der Waals surface area contributed by atoms with Crippen LogP contribution < -0.4 is 5.32 Å². The monoisotopic (exact) mass is 262 g/mol. The first-order valence-electron chi connectivity index (χ1n) is 5.35.